The summed E-state index contributed by atoms with van der Waals surface area (Å²) in [6.45, 7) is 3.17. The van der Waals surface area contributed by atoms with Gasteiger partial charge in [-0.3, -0.25) is 0 Å². The van der Waals surface area contributed by atoms with E-state index in [1.807, 2.05) is 0 Å². The normalized spacial score (nSPS) is 17.7. The summed E-state index contributed by atoms with van der Waals surface area (Å²) < 4.78 is 0. The Balaban J connectivity index is 1.53. The number of pyridine rings is 1. The number of aromatic nitrogens is 1. The molecule has 0 saturated heterocycles. The van der Waals surface area contributed by atoms with Crippen molar-refractivity contribution < 1.29 is 0 Å². The lowest BCUT2D eigenvalue weighted by Crippen LogP contribution is -2.28. The zero-order valence-electron chi connectivity index (χ0n) is 14.2. The number of fused-ring (bicyclic) bond motifs is 2. The predicted octanol–water partition coefficient (Wildman–Crippen LogP) is 4.05. The van der Waals surface area contributed by atoms with Crippen molar-refractivity contribution in [3.63, 3.8) is 0 Å². The number of hydrogen-bond donors (Lipinski definition) is 1. The summed E-state index contributed by atoms with van der Waals surface area (Å²) in [5.74, 6) is 0.773. The second kappa shape index (κ2) is 5.94. The summed E-state index contributed by atoms with van der Waals surface area (Å²) in [4.78, 5) is 4.79. The summed E-state index contributed by atoms with van der Waals surface area (Å²) in [7, 11) is 0. The van der Waals surface area contributed by atoms with Crippen molar-refractivity contribution in [2.45, 2.75) is 45.4 Å². The first-order chi connectivity index (χ1) is 11.7. The minimum atomic E-state index is 0.188. The van der Waals surface area contributed by atoms with Crippen LogP contribution in [0.1, 0.15) is 47.7 Å². The van der Waals surface area contributed by atoms with Gasteiger partial charge in [0.2, 0.25) is 0 Å². The van der Waals surface area contributed by atoms with Crippen LogP contribution >= 0.6 is 0 Å². The van der Waals surface area contributed by atoms with Gasteiger partial charge in [-0.2, -0.15) is 5.26 Å². The van der Waals surface area contributed by atoms with Crippen molar-refractivity contribution in [1.29, 1.82) is 5.26 Å². The zero-order chi connectivity index (χ0) is 16.6. The Morgan fingerprint density at radius 3 is 2.54 bits per heavy atom. The molecular weight excluding hydrogens is 294 g/mol. The number of anilines is 1. The van der Waals surface area contributed by atoms with E-state index in [0.717, 1.165) is 38.0 Å². The second-order valence-electron chi connectivity index (χ2n) is 7.60. The van der Waals surface area contributed by atoms with E-state index < -0.39 is 0 Å². The van der Waals surface area contributed by atoms with Crippen LogP contribution in [0.5, 0.6) is 0 Å². The van der Waals surface area contributed by atoms with Crippen LogP contribution in [0.15, 0.2) is 30.3 Å². The highest BCUT2D eigenvalue weighted by atomic mass is 15.0. The molecular formula is C21H23N3. The van der Waals surface area contributed by atoms with E-state index in [1.165, 1.54) is 35.2 Å². The summed E-state index contributed by atoms with van der Waals surface area (Å²) >= 11 is 0. The number of nitriles is 1. The Hall–Kier alpha value is -2.34. The van der Waals surface area contributed by atoms with E-state index in [9.17, 15) is 5.26 Å². The van der Waals surface area contributed by atoms with Gasteiger partial charge in [-0.05, 0) is 66.7 Å². The van der Waals surface area contributed by atoms with E-state index in [-0.39, 0.29) is 5.41 Å². The molecule has 0 saturated carbocycles. The third-order valence-corrected chi connectivity index (χ3v) is 5.46. The highest BCUT2D eigenvalue weighted by molar-refractivity contribution is 5.55. The molecule has 2 aromatic rings. The van der Waals surface area contributed by atoms with E-state index in [2.05, 4.69) is 48.6 Å². The maximum absolute atomic E-state index is 9.49. The fourth-order valence-electron chi connectivity index (χ4n) is 4.16. The molecule has 0 fully saturated rings. The van der Waals surface area contributed by atoms with Gasteiger partial charge in [0, 0.05) is 12.2 Å². The molecule has 0 radical (unpaired) electrons. The van der Waals surface area contributed by atoms with Crippen molar-refractivity contribution in [2.75, 3.05) is 11.9 Å². The Morgan fingerprint density at radius 2 is 1.83 bits per heavy atom. The third kappa shape index (κ3) is 2.78. The second-order valence-corrected chi connectivity index (χ2v) is 7.60. The largest absolute Gasteiger partial charge is 0.368 e. The summed E-state index contributed by atoms with van der Waals surface area (Å²) in [6, 6.07) is 13.1. The molecule has 1 N–H and O–H groups in total. The number of benzene rings is 1. The first-order valence-electron chi connectivity index (χ1n) is 8.90. The highest BCUT2D eigenvalue weighted by Crippen LogP contribution is 2.37. The van der Waals surface area contributed by atoms with Crippen LogP contribution in [0.2, 0.25) is 0 Å². The van der Waals surface area contributed by atoms with Crippen LogP contribution in [0.3, 0.4) is 0 Å². The predicted molar refractivity (Wildman–Crippen MR) is 96.0 cm³/mol. The molecule has 3 nitrogen and oxygen atoms in total. The lowest BCUT2D eigenvalue weighted by Gasteiger charge is -2.25. The van der Waals surface area contributed by atoms with Gasteiger partial charge in [0.05, 0.1) is 5.56 Å². The quantitative estimate of drug-likeness (QED) is 0.929. The van der Waals surface area contributed by atoms with E-state index in [1.54, 1.807) is 0 Å². The van der Waals surface area contributed by atoms with Crippen molar-refractivity contribution in [3.8, 4) is 6.07 Å². The SMILES string of the molecule is CC1(CNc2nc3c(cc2C#N)CCCC3)Cc2ccccc2C1. The molecule has 0 bridgehead atoms. The van der Waals surface area contributed by atoms with Crippen LogP contribution in [0.25, 0.3) is 0 Å². The Kier molecular flexibility index (Phi) is 3.76. The summed E-state index contributed by atoms with van der Waals surface area (Å²) in [5, 5.41) is 13.0. The van der Waals surface area contributed by atoms with E-state index in [4.69, 9.17) is 4.98 Å². The van der Waals surface area contributed by atoms with E-state index in [0.29, 0.717) is 5.56 Å². The van der Waals surface area contributed by atoms with Crippen LogP contribution in [0.4, 0.5) is 5.82 Å². The molecule has 0 aliphatic heterocycles. The molecule has 24 heavy (non-hydrogen) atoms. The van der Waals surface area contributed by atoms with Crippen molar-refractivity contribution in [2.24, 2.45) is 5.41 Å². The van der Waals surface area contributed by atoms with E-state index >= 15 is 0 Å². The summed E-state index contributed by atoms with van der Waals surface area (Å²) in [6.07, 6.45) is 6.69. The van der Waals surface area contributed by atoms with Crippen molar-refractivity contribution in [3.05, 3.63) is 58.3 Å². The van der Waals surface area contributed by atoms with Crippen LogP contribution in [-0.4, -0.2) is 11.5 Å². The Bertz CT molecular complexity index is 791. The van der Waals surface area contributed by atoms with Crippen LogP contribution in [0, 0.1) is 16.7 Å². The Morgan fingerprint density at radius 1 is 1.12 bits per heavy atom. The number of nitrogens with one attached hydrogen (secondary N) is 1. The molecule has 0 unspecified atom stereocenters. The number of aryl methyl sites for hydroxylation is 2. The molecule has 122 valence electrons. The minimum absolute atomic E-state index is 0.188. The standard InChI is InChI=1S/C21H23N3/c1-21(11-16-7-2-3-8-17(16)12-21)14-23-20-18(13-22)10-15-6-4-5-9-19(15)24-20/h2-3,7-8,10H,4-6,9,11-12,14H2,1H3,(H,23,24). The number of nitrogens with zero attached hydrogens (tertiary/aromatic N) is 2. The third-order valence-electron chi connectivity index (χ3n) is 5.46. The molecule has 0 spiro atoms. The van der Waals surface area contributed by atoms with Gasteiger partial charge in [0.15, 0.2) is 0 Å². The first kappa shape index (κ1) is 15.2. The fourth-order valence-corrected chi connectivity index (χ4v) is 4.16. The number of hydrogen-bond acceptors (Lipinski definition) is 3. The maximum Gasteiger partial charge on any atom is 0.144 e. The van der Waals surface area contributed by atoms with Gasteiger partial charge in [-0.15, -0.1) is 0 Å². The van der Waals surface area contributed by atoms with Crippen molar-refractivity contribution in [1.82, 2.24) is 4.98 Å². The average Bonchev–Trinajstić information content (AvgIpc) is 2.95. The lowest BCUT2D eigenvalue weighted by molar-refractivity contribution is 0.371. The lowest BCUT2D eigenvalue weighted by atomic mass is 9.87. The highest BCUT2D eigenvalue weighted by Gasteiger charge is 2.32. The first-order valence-corrected chi connectivity index (χ1v) is 8.90. The molecule has 2 aliphatic carbocycles. The maximum atomic E-state index is 9.49. The number of rotatable bonds is 3. The summed E-state index contributed by atoms with van der Waals surface area (Å²) in [5.41, 5.74) is 6.25. The van der Waals surface area contributed by atoms with Gasteiger partial charge in [0.25, 0.3) is 0 Å². The van der Waals surface area contributed by atoms with Gasteiger partial charge in [-0.25, -0.2) is 4.98 Å². The van der Waals surface area contributed by atoms with Crippen LogP contribution in [-0.2, 0) is 25.7 Å². The average molecular weight is 317 g/mol. The molecule has 0 atom stereocenters. The zero-order valence-corrected chi connectivity index (χ0v) is 14.2. The van der Waals surface area contributed by atoms with Gasteiger partial charge >= 0.3 is 0 Å². The molecule has 1 heterocycles. The molecule has 0 amide bonds. The minimum Gasteiger partial charge on any atom is -0.368 e. The van der Waals surface area contributed by atoms with Crippen LogP contribution < -0.4 is 5.32 Å². The smallest absolute Gasteiger partial charge is 0.144 e. The van der Waals surface area contributed by atoms with Crippen molar-refractivity contribution >= 4 is 5.82 Å². The topological polar surface area (TPSA) is 48.7 Å². The molecule has 3 heteroatoms. The van der Waals surface area contributed by atoms with Gasteiger partial charge in [0.1, 0.15) is 11.9 Å². The molecule has 4 rings (SSSR count). The Labute approximate surface area is 143 Å². The monoisotopic (exact) mass is 317 g/mol. The van der Waals surface area contributed by atoms with Gasteiger partial charge < -0.3 is 5.32 Å². The molecule has 1 aromatic heterocycles. The molecule has 1 aromatic carbocycles. The molecule has 2 aliphatic rings. The fraction of sp³-hybridized carbons (Fsp3) is 0.429. The van der Waals surface area contributed by atoms with Gasteiger partial charge in [-0.1, -0.05) is 31.2 Å².